The van der Waals surface area contributed by atoms with Crippen molar-refractivity contribution in [3.8, 4) is 0 Å². The SMILES string of the molecule is Cc1cc(C)cc(N(C)c2ccc(CNC3CC3)cc2)c1. The van der Waals surface area contributed by atoms with Crippen LogP contribution in [0.2, 0.25) is 0 Å². The number of hydrogen-bond acceptors (Lipinski definition) is 2. The summed E-state index contributed by atoms with van der Waals surface area (Å²) in [7, 11) is 2.13. The lowest BCUT2D eigenvalue weighted by molar-refractivity contribution is 0.688. The molecule has 2 aromatic rings. The smallest absolute Gasteiger partial charge is 0.0413 e. The van der Waals surface area contributed by atoms with Gasteiger partial charge < -0.3 is 10.2 Å². The van der Waals surface area contributed by atoms with Crippen LogP contribution in [-0.2, 0) is 6.54 Å². The van der Waals surface area contributed by atoms with Crippen LogP contribution >= 0.6 is 0 Å². The molecule has 1 aliphatic rings. The number of benzene rings is 2. The Morgan fingerprint density at radius 1 is 0.952 bits per heavy atom. The van der Waals surface area contributed by atoms with E-state index in [9.17, 15) is 0 Å². The Kier molecular flexibility index (Phi) is 3.98. The number of rotatable bonds is 5. The second-order valence-electron chi connectivity index (χ2n) is 6.23. The molecule has 0 aliphatic heterocycles. The first-order valence-corrected chi connectivity index (χ1v) is 7.76. The fourth-order valence-electron chi connectivity index (χ4n) is 2.68. The summed E-state index contributed by atoms with van der Waals surface area (Å²) in [5.74, 6) is 0. The van der Waals surface area contributed by atoms with Crippen LogP contribution in [0.3, 0.4) is 0 Å². The molecule has 1 fully saturated rings. The first-order chi connectivity index (χ1) is 10.1. The summed E-state index contributed by atoms with van der Waals surface area (Å²) in [5, 5.41) is 3.55. The molecule has 1 N–H and O–H groups in total. The van der Waals surface area contributed by atoms with Crippen molar-refractivity contribution >= 4 is 11.4 Å². The lowest BCUT2D eigenvalue weighted by Crippen LogP contribution is -2.15. The first kappa shape index (κ1) is 14.2. The molecule has 2 heteroatoms. The van der Waals surface area contributed by atoms with Crippen molar-refractivity contribution in [3.63, 3.8) is 0 Å². The van der Waals surface area contributed by atoms with Gasteiger partial charge in [-0.15, -0.1) is 0 Å². The Morgan fingerprint density at radius 3 is 2.14 bits per heavy atom. The largest absolute Gasteiger partial charge is 0.345 e. The highest BCUT2D eigenvalue weighted by Gasteiger charge is 2.19. The van der Waals surface area contributed by atoms with E-state index >= 15 is 0 Å². The second-order valence-corrected chi connectivity index (χ2v) is 6.23. The lowest BCUT2D eigenvalue weighted by atomic mass is 10.1. The standard InChI is InChI=1S/C19H24N2/c1-14-10-15(2)12-19(11-14)21(3)18-8-4-16(5-9-18)13-20-17-6-7-17/h4-5,8-12,17,20H,6-7,13H2,1-3H3. The third-order valence-electron chi connectivity index (χ3n) is 4.09. The molecule has 0 spiro atoms. The van der Waals surface area contributed by atoms with Crippen LogP contribution in [0.1, 0.15) is 29.5 Å². The summed E-state index contributed by atoms with van der Waals surface area (Å²) in [6, 6.07) is 16.3. The Hall–Kier alpha value is -1.80. The van der Waals surface area contributed by atoms with Crippen molar-refractivity contribution in [2.75, 3.05) is 11.9 Å². The van der Waals surface area contributed by atoms with E-state index in [4.69, 9.17) is 0 Å². The number of aryl methyl sites for hydroxylation is 2. The minimum absolute atomic E-state index is 0.766. The molecule has 0 atom stereocenters. The van der Waals surface area contributed by atoms with Crippen LogP contribution in [-0.4, -0.2) is 13.1 Å². The van der Waals surface area contributed by atoms with Gasteiger partial charge in [0, 0.05) is 31.0 Å². The Bertz CT molecular complexity index is 592. The second kappa shape index (κ2) is 5.90. The highest BCUT2D eigenvalue weighted by Crippen LogP contribution is 2.26. The Labute approximate surface area is 127 Å². The maximum absolute atomic E-state index is 3.55. The van der Waals surface area contributed by atoms with Gasteiger partial charge in [0.25, 0.3) is 0 Å². The van der Waals surface area contributed by atoms with Crippen LogP contribution < -0.4 is 10.2 Å². The van der Waals surface area contributed by atoms with E-state index in [2.05, 4.69) is 73.6 Å². The van der Waals surface area contributed by atoms with Crippen molar-refractivity contribution in [1.82, 2.24) is 5.32 Å². The molecule has 0 bridgehead atoms. The van der Waals surface area contributed by atoms with Crippen LogP contribution in [0.4, 0.5) is 11.4 Å². The molecule has 0 saturated heterocycles. The lowest BCUT2D eigenvalue weighted by Gasteiger charge is -2.21. The summed E-state index contributed by atoms with van der Waals surface area (Å²) in [5.41, 5.74) is 6.45. The maximum atomic E-state index is 3.55. The quantitative estimate of drug-likeness (QED) is 0.877. The summed E-state index contributed by atoms with van der Waals surface area (Å²) >= 11 is 0. The van der Waals surface area contributed by atoms with Gasteiger partial charge in [-0.1, -0.05) is 18.2 Å². The summed E-state index contributed by atoms with van der Waals surface area (Å²) in [4.78, 5) is 2.25. The molecule has 2 aromatic carbocycles. The zero-order chi connectivity index (χ0) is 14.8. The van der Waals surface area contributed by atoms with Crippen molar-refractivity contribution in [3.05, 3.63) is 59.2 Å². The summed E-state index contributed by atoms with van der Waals surface area (Å²) in [6.45, 7) is 5.28. The third kappa shape index (κ3) is 3.64. The molecular formula is C19H24N2. The first-order valence-electron chi connectivity index (χ1n) is 7.76. The van der Waals surface area contributed by atoms with Gasteiger partial charge in [-0.3, -0.25) is 0 Å². The predicted molar refractivity (Wildman–Crippen MR) is 90.3 cm³/mol. The topological polar surface area (TPSA) is 15.3 Å². The van der Waals surface area contributed by atoms with Gasteiger partial charge in [-0.05, 0) is 67.6 Å². The fraction of sp³-hybridized carbons (Fsp3) is 0.368. The molecular weight excluding hydrogens is 256 g/mol. The normalized spacial score (nSPS) is 14.2. The third-order valence-corrected chi connectivity index (χ3v) is 4.09. The number of nitrogens with one attached hydrogen (secondary N) is 1. The zero-order valence-corrected chi connectivity index (χ0v) is 13.2. The molecule has 3 rings (SSSR count). The minimum Gasteiger partial charge on any atom is -0.345 e. The molecule has 1 aliphatic carbocycles. The minimum atomic E-state index is 0.766. The number of nitrogens with zero attached hydrogens (tertiary/aromatic N) is 1. The van der Waals surface area contributed by atoms with Crippen molar-refractivity contribution < 1.29 is 0 Å². The number of anilines is 2. The van der Waals surface area contributed by atoms with E-state index in [1.807, 2.05) is 0 Å². The monoisotopic (exact) mass is 280 g/mol. The van der Waals surface area contributed by atoms with Gasteiger partial charge in [0.1, 0.15) is 0 Å². The van der Waals surface area contributed by atoms with Gasteiger partial charge in [-0.2, -0.15) is 0 Å². The van der Waals surface area contributed by atoms with Crippen LogP contribution in [0.5, 0.6) is 0 Å². The Morgan fingerprint density at radius 2 is 1.57 bits per heavy atom. The van der Waals surface area contributed by atoms with Crippen molar-refractivity contribution in [1.29, 1.82) is 0 Å². The van der Waals surface area contributed by atoms with Crippen LogP contribution in [0.15, 0.2) is 42.5 Å². The van der Waals surface area contributed by atoms with Crippen molar-refractivity contribution in [2.24, 2.45) is 0 Å². The molecule has 0 heterocycles. The molecule has 2 nitrogen and oxygen atoms in total. The van der Waals surface area contributed by atoms with E-state index in [1.54, 1.807) is 0 Å². The zero-order valence-electron chi connectivity index (χ0n) is 13.2. The average molecular weight is 280 g/mol. The van der Waals surface area contributed by atoms with E-state index in [0.717, 1.165) is 12.6 Å². The van der Waals surface area contributed by atoms with Gasteiger partial charge in [0.05, 0.1) is 0 Å². The van der Waals surface area contributed by atoms with Gasteiger partial charge in [0.15, 0.2) is 0 Å². The van der Waals surface area contributed by atoms with E-state index in [0.29, 0.717) is 0 Å². The van der Waals surface area contributed by atoms with Crippen LogP contribution in [0.25, 0.3) is 0 Å². The van der Waals surface area contributed by atoms with Crippen LogP contribution in [0, 0.1) is 13.8 Å². The molecule has 0 unspecified atom stereocenters. The summed E-state index contributed by atoms with van der Waals surface area (Å²) < 4.78 is 0. The molecule has 1 saturated carbocycles. The maximum Gasteiger partial charge on any atom is 0.0413 e. The molecule has 0 aromatic heterocycles. The molecule has 110 valence electrons. The molecule has 0 amide bonds. The fourth-order valence-corrected chi connectivity index (χ4v) is 2.68. The average Bonchev–Trinajstić information content (AvgIpc) is 3.28. The highest BCUT2D eigenvalue weighted by molar-refractivity contribution is 5.64. The van der Waals surface area contributed by atoms with Gasteiger partial charge in [0.2, 0.25) is 0 Å². The van der Waals surface area contributed by atoms with Gasteiger partial charge in [-0.25, -0.2) is 0 Å². The number of hydrogen-bond donors (Lipinski definition) is 1. The summed E-state index contributed by atoms with van der Waals surface area (Å²) in [6.07, 6.45) is 2.68. The molecule has 21 heavy (non-hydrogen) atoms. The highest BCUT2D eigenvalue weighted by atomic mass is 15.1. The molecule has 0 radical (unpaired) electrons. The Balaban J connectivity index is 1.72. The van der Waals surface area contributed by atoms with Crippen molar-refractivity contribution in [2.45, 2.75) is 39.3 Å². The van der Waals surface area contributed by atoms with E-state index in [-0.39, 0.29) is 0 Å². The van der Waals surface area contributed by atoms with E-state index in [1.165, 1.54) is 40.9 Å². The van der Waals surface area contributed by atoms with Gasteiger partial charge >= 0.3 is 0 Å². The predicted octanol–water partition coefficient (Wildman–Crippen LogP) is 4.32. The van der Waals surface area contributed by atoms with E-state index < -0.39 is 0 Å².